The Hall–Kier alpha value is -1.41. The zero-order chi connectivity index (χ0) is 11.9. The largest absolute Gasteiger partial charge is 0.476 e. The fourth-order valence-electron chi connectivity index (χ4n) is 1.69. The van der Waals surface area contributed by atoms with E-state index in [9.17, 15) is 13.2 Å². The van der Waals surface area contributed by atoms with Gasteiger partial charge in [0.25, 0.3) is 0 Å². The van der Waals surface area contributed by atoms with Crippen LogP contribution in [0.2, 0.25) is 0 Å². The van der Waals surface area contributed by atoms with Crippen LogP contribution in [0.4, 0.5) is 0 Å². The van der Waals surface area contributed by atoms with Gasteiger partial charge in [-0.1, -0.05) is 0 Å². The van der Waals surface area contributed by atoms with Gasteiger partial charge in [-0.05, 0) is 0 Å². The average Bonchev–Trinajstić information content (AvgIpc) is 2.58. The third kappa shape index (κ3) is 1.81. The van der Waals surface area contributed by atoms with Crippen molar-refractivity contribution in [2.45, 2.75) is 13.1 Å². The Morgan fingerprint density at radius 3 is 2.75 bits per heavy atom. The molecule has 0 aromatic carbocycles. The second kappa shape index (κ2) is 3.56. The van der Waals surface area contributed by atoms with Crippen LogP contribution in [0.5, 0.6) is 0 Å². The van der Waals surface area contributed by atoms with Gasteiger partial charge in [-0.2, -0.15) is 4.31 Å². The first-order chi connectivity index (χ1) is 7.39. The van der Waals surface area contributed by atoms with E-state index in [1.807, 2.05) is 0 Å². The summed E-state index contributed by atoms with van der Waals surface area (Å²) in [6.07, 6.45) is 2.54. The molecule has 0 unspecified atom stereocenters. The van der Waals surface area contributed by atoms with E-state index < -0.39 is 16.0 Å². The van der Waals surface area contributed by atoms with Crippen LogP contribution in [0.15, 0.2) is 6.33 Å². The number of carboxylic acids is 1. The first-order valence-corrected chi connectivity index (χ1v) is 6.47. The lowest BCUT2D eigenvalue weighted by Crippen LogP contribution is -2.37. The van der Waals surface area contributed by atoms with Crippen LogP contribution in [-0.4, -0.2) is 46.2 Å². The minimum atomic E-state index is -3.29. The fraction of sp³-hybridized carbons (Fsp3) is 0.500. The van der Waals surface area contributed by atoms with Crippen molar-refractivity contribution < 1.29 is 18.3 Å². The molecule has 0 aliphatic carbocycles. The van der Waals surface area contributed by atoms with E-state index in [-0.39, 0.29) is 12.2 Å². The molecule has 1 aliphatic heterocycles. The summed E-state index contributed by atoms with van der Waals surface area (Å²) in [6.45, 7) is 0.852. The Morgan fingerprint density at radius 2 is 2.19 bits per heavy atom. The molecule has 1 aromatic heterocycles. The number of nitrogens with zero attached hydrogens (tertiary/aromatic N) is 3. The van der Waals surface area contributed by atoms with E-state index in [0.717, 1.165) is 6.26 Å². The lowest BCUT2D eigenvalue weighted by molar-refractivity contribution is 0.0688. The maximum Gasteiger partial charge on any atom is 0.356 e. The van der Waals surface area contributed by atoms with Crippen molar-refractivity contribution in [3.63, 3.8) is 0 Å². The highest BCUT2D eigenvalue weighted by Crippen LogP contribution is 2.18. The molecule has 0 saturated heterocycles. The van der Waals surface area contributed by atoms with Crippen molar-refractivity contribution in [2.75, 3.05) is 12.8 Å². The number of imidazole rings is 1. The van der Waals surface area contributed by atoms with Gasteiger partial charge in [-0.3, -0.25) is 0 Å². The van der Waals surface area contributed by atoms with Gasteiger partial charge < -0.3 is 9.67 Å². The number of carbonyl (C=O) groups is 1. The van der Waals surface area contributed by atoms with Gasteiger partial charge in [-0.15, -0.1) is 0 Å². The van der Waals surface area contributed by atoms with Gasteiger partial charge in [0.05, 0.1) is 24.8 Å². The lowest BCUT2D eigenvalue weighted by atomic mass is 10.3. The highest BCUT2D eigenvalue weighted by Gasteiger charge is 2.27. The Balaban J connectivity index is 2.38. The van der Waals surface area contributed by atoms with E-state index in [1.165, 1.54) is 10.6 Å². The molecule has 7 nitrogen and oxygen atoms in total. The second-order valence-corrected chi connectivity index (χ2v) is 5.62. The molecule has 2 heterocycles. The van der Waals surface area contributed by atoms with Crippen LogP contribution in [0, 0.1) is 0 Å². The molecule has 88 valence electrons. The van der Waals surface area contributed by atoms with Gasteiger partial charge in [0.2, 0.25) is 10.0 Å². The number of hydrogen-bond donors (Lipinski definition) is 1. The number of sulfonamides is 1. The SMILES string of the molecule is CS(=O)(=O)N1CCn2cnc(C(=O)O)c2C1. The molecule has 0 saturated carbocycles. The molecular formula is C8H11N3O4S. The summed E-state index contributed by atoms with van der Waals surface area (Å²) in [7, 11) is -3.29. The minimum absolute atomic E-state index is 0.0699. The van der Waals surface area contributed by atoms with Crippen molar-refractivity contribution in [3.05, 3.63) is 17.7 Å². The number of carboxylic acid groups (broad SMARTS) is 1. The Bertz CT molecular complexity index is 533. The van der Waals surface area contributed by atoms with E-state index in [1.54, 1.807) is 4.57 Å². The molecule has 1 N–H and O–H groups in total. The Kier molecular flexibility index (Phi) is 2.47. The van der Waals surface area contributed by atoms with Crippen LogP contribution < -0.4 is 0 Å². The summed E-state index contributed by atoms with van der Waals surface area (Å²) in [5.74, 6) is -1.14. The molecule has 16 heavy (non-hydrogen) atoms. The average molecular weight is 245 g/mol. The highest BCUT2D eigenvalue weighted by atomic mass is 32.2. The summed E-state index contributed by atoms with van der Waals surface area (Å²) in [6, 6.07) is 0. The molecule has 8 heteroatoms. The zero-order valence-electron chi connectivity index (χ0n) is 8.62. The maximum atomic E-state index is 11.3. The molecule has 1 aliphatic rings. The highest BCUT2D eigenvalue weighted by molar-refractivity contribution is 7.88. The van der Waals surface area contributed by atoms with Crippen molar-refractivity contribution in [2.24, 2.45) is 0 Å². The van der Waals surface area contributed by atoms with Gasteiger partial charge >= 0.3 is 5.97 Å². The molecule has 0 atom stereocenters. The monoisotopic (exact) mass is 245 g/mol. The van der Waals surface area contributed by atoms with Crippen molar-refractivity contribution in [1.29, 1.82) is 0 Å². The summed E-state index contributed by atoms with van der Waals surface area (Å²) in [4.78, 5) is 14.6. The molecule has 2 rings (SSSR count). The van der Waals surface area contributed by atoms with E-state index in [0.29, 0.717) is 18.8 Å². The second-order valence-electron chi connectivity index (χ2n) is 3.63. The number of rotatable bonds is 2. The zero-order valence-corrected chi connectivity index (χ0v) is 9.44. The van der Waals surface area contributed by atoms with Gasteiger partial charge in [0.15, 0.2) is 5.69 Å². The number of fused-ring (bicyclic) bond motifs is 1. The molecule has 0 bridgehead atoms. The first kappa shape index (κ1) is 11.1. The van der Waals surface area contributed by atoms with E-state index >= 15 is 0 Å². The van der Waals surface area contributed by atoms with Crippen molar-refractivity contribution in [3.8, 4) is 0 Å². The normalized spacial score (nSPS) is 17.1. The molecule has 0 amide bonds. The molecular weight excluding hydrogens is 234 g/mol. The van der Waals surface area contributed by atoms with Crippen molar-refractivity contribution in [1.82, 2.24) is 13.9 Å². The van der Waals surface area contributed by atoms with Crippen LogP contribution in [0.3, 0.4) is 0 Å². The lowest BCUT2D eigenvalue weighted by Gasteiger charge is -2.26. The van der Waals surface area contributed by atoms with Crippen LogP contribution >= 0.6 is 0 Å². The molecule has 1 aromatic rings. The maximum absolute atomic E-state index is 11.3. The van der Waals surface area contributed by atoms with Gasteiger partial charge in [0.1, 0.15) is 0 Å². The predicted octanol–water partition coefficient (Wildman–Crippen LogP) is -0.644. The molecule has 0 spiro atoms. The minimum Gasteiger partial charge on any atom is -0.476 e. The van der Waals surface area contributed by atoms with E-state index in [4.69, 9.17) is 5.11 Å². The molecule has 0 radical (unpaired) electrons. The fourth-order valence-corrected chi connectivity index (χ4v) is 2.46. The number of aromatic nitrogens is 2. The summed E-state index contributed by atoms with van der Waals surface area (Å²) < 4.78 is 25.6. The van der Waals surface area contributed by atoms with Crippen LogP contribution in [-0.2, 0) is 23.1 Å². The third-order valence-electron chi connectivity index (χ3n) is 2.53. The molecule has 0 fully saturated rings. The quantitative estimate of drug-likeness (QED) is 0.748. The topological polar surface area (TPSA) is 92.5 Å². The Labute approximate surface area is 92.4 Å². The van der Waals surface area contributed by atoms with E-state index in [2.05, 4.69) is 4.98 Å². The number of hydrogen-bond acceptors (Lipinski definition) is 4. The predicted molar refractivity (Wildman–Crippen MR) is 54.4 cm³/mol. The smallest absolute Gasteiger partial charge is 0.356 e. The standard InChI is InChI=1S/C8H11N3O4S/c1-16(14,15)11-3-2-10-5-9-7(8(12)13)6(10)4-11/h5H,2-4H2,1H3,(H,12,13). The van der Waals surface area contributed by atoms with Gasteiger partial charge in [-0.25, -0.2) is 18.2 Å². The summed E-state index contributed by atoms with van der Waals surface area (Å²) in [5.41, 5.74) is 0.359. The Morgan fingerprint density at radius 1 is 1.50 bits per heavy atom. The summed E-state index contributed by atoms with van der Waals surface area (Å²) in [5, 5.41) is 8.87. The van der Waals surface area contributed by atoms with Crippen LogP contribution in [0.25, 0.3) is 0 Å². The van der Waals surface area contributed by atoms with Gasteiger partial charge in [0, 0.05) is 13.1 Å². The van der Waals surface area contributed by atoms with Crippen molar-refractivity contribution >= 4 is 16.0 Å². The third-order valence-corrected chi connectivity index (χ3v) is 3.78. The number of aromatic carboxylic acids is 1. The first-order valence-electron chi connectivity index (χ1n) is 4.62. The van der Waals surface area contributed by atoms with Crippen LogP contribution in [0.1, 0.15) is 16.2 Å². The summed E-state index contributed by atoms with van der Waals surface area (Å²) >= 11 is 0.